The number of aromatic nitrogens is 3. The van der Waals surface area contributed by atoms with E-state index in [-0.39, 0.29) is 12.4 Å². The van der Waals surface area contributed by atoms with E-state index >= 15 is 0 Å². The number of anilines is 2. The van der Waals surface area contributed by atoms with Gasteiger partial charge >= 0.3 is 0 Å². The molecule has 8 heteroatoms. The Balaban J connectivity index is 1.20. The van der Waals surface area contributed by atoms with Gasteiger partial charge in [-0.25, -0.2) is 9.97 Å². The third kappa shape index (κ3) is 3.69. The highest BCUT2D eigenvalue weighted by molar-refractivity contribution is 5.92. The van der Waals surface area contributed by atoms with Crippen molar-refractivity contribution in [1.29, 1.82) is 0 Å². The molecule has 1 N–H and O–H groups in total. The van der Waals surface area contributed by atoms with Gasteiger partial charge in [-0.2, -0.15) is 0 Å². The van der Waals surface area contributed by atoms with Crippen molar-refractivity contribution in [3.8, 4) is 11.5 Å². The van der Waals surface area contributed by atoms with Gasteiger partial charge in [0.15, 0.2) is 11.5 Å². The van der Waals surface area contributed by atoms with E-state index in [4.69, 9.17) is 19.4 Å². The molecule has 0 amide bonds. The van der Waals surface area contributed by atoms with Gasteiger partial charge < -0.3 is 19.4 Å². The fourth-order valence-corrected chi connectivity index (χ4v) is 5.94. The maximum Gasteiger partial charge on any atom is 0.250 e. The molecule has 5 heterocycles. The van der Waals surface area contributed by atoms with Gasteiger partial charge in [0.25, 0.3) is 5.56 Å². The number of likely N-dealkylation sites (tertiary alicyclic amines) is 1. The highest BCUT2D eigenvalue weighted by Crippen LogP contribution is 2.37. The highest BCUT2D eigenvalue weighted by atomic mass is 16.7. The van der Waals surface area contributed by atoms with Crippen LogP contribution in [0.1, 0.15) is 29.4 Å². The van der Waals surface area contributed by atoms with E-state index in [1.54, 1.807) is 6.07 Å². The summed E-state index contributed by atoms with van der Waals surface area (Å²) in [5, 5.41) is 4.48. The average molecular weight is 482 g/mol. The summed E-state index contributed by atoms with van der Waals surface area (Å²) in [4.78, 5) is 24.8. The number of rotatable bonds is 4. The summed E-state index contributed by atoms with van der Waals surface area (Å²) in [7, 11) is 0. The summed E-state index contributed by atoms with van der Waals surface area (Å²) in [5.74, 6) is 3.89. The van der Waals surface area contributed by atoms with E-state index in [1.807, 2.05) is 34.9 Å². The van der Waals surface area contributed by atoms with Gasteiger partial charge in [0.1, 0.15) is 11.6 Å². The Bertz CT molecular complexity index is 1550. The molecular weight excluding hydrogens is 454 g/mol. The molecule has 0 radical (unpaired) electrons. The van der Waals surface area contributed by atoms with Crippen LogP contribution in [0.5, 0.6) is 11.5 Å². The molecule has 3 aliphatic rings. The average Bonchev–Trinajstić information content (AvgIpc) is 3.33. The first-order chi connectivity index (χ1) is 17.6. The maximum absolute atomic E-state index is 12.4. The number of benzene rings is 2. The molecule has 0 spiro atoms. The van der Waals surface area contributed by atoms with Crippen molar-refractivity contribution < 1.29 is 9.47 Å². The number of fused-ring (bicyclic) bond motifs is 6. The lowest BCUT2D eigenvalue weighted by Crippen LogP contribution is -2.46. The first-order valence-corrected chi connectivity index (χ1v) is 12.5. The van der Waals surface area contributed by atoms with E-state index in [9.17, 15) is 4.79 Å². The predicted molar refractivity (Wildman–Crippen MR) is 137 cm³/mol. The standard InChI is InChI=1S/C28H27N5O3/c1-17-4-2-5-21-27(17)30-25(31-28(21)29-20-8-9-23-24(11-20)36-16-35-23)15-32-12-18-10-19(14-32)22-6-3-7-26(34)33(22)13-18/h2-9,11,18-19H,10,12-16H2,1H3,(H,29,30,31)/t18-,19+/m1/s1. The van der Waals surface area contributed by atoms with Crippen LogP contribution in [0.4, 0.5) is 11.5 Å². The molecule has 3 aliphatic heterocycles. The quantitative estimate of drug-likeness (QED) is 0.468. The summed E-state index contributed by atoms with van der Waals surface area (Å²) in [6, 6.07) is 17.7. The Labute approximate surface area is 208 Å². The van der Waals surface area contributed by atoms with Crippen LogP contribution in [0.2, 0.25) is 0 Å². The zero-order valence-corrected chi connectivity index (χ0v) is 20.1. The van der Waals surface area contributed by atoms with Crippen molar-refractivity contribution >= 4 is 22.4 Å². The minimum atomic E-state index is 0.114. The molecule has 1 saturated heterocycles. The van der Waals surface area contributed by atoms with Crippen molar-refractivity contribution in [2.45, 2.75) is 32.4 Å². The monoisotopic (exact) mass is 481 g/mol. The molecule has 36 heavy (non-hydrogen) atoms. The Hall–Kier alpha value is -3.91. The molecule has 4 aromatic rings. The highest BCUT2D eigenvalue weighted by Gasteiger charge is 2.34. The van der Waals surface area contributed by atoms with E-state index in [0.29, 0.717) is 18.4 Å². The third-order valence-electron chi connectivity index (χ3n) is 7.53. The number of hydrogen-bond donors (Lipinski definition) is 1. The number of pyridine rings is 1. The summed E-state index contributed by atoms with van der Waals surface area (Å²) in [5.41, 5.74) is 4.24. The van der Waals surface area contributed by atoms with E-state index in [2.05, 4.69) is 35.3 Å². The molecule has 1 fully saturated rings. The lowest BCUT2D eigenvalue weighted by Gasteiger charge is -2.42. The third-order valence-corrected chi connectivity index (χ3v) is 7.53. The molecule has 0 unspecified atom stereocenters. The SMILES string of the molecule is Cc1cccc2c(Nc3ccc4c(c3)OCO4)nc(CN3C[C@H]4C[C@@H](C3)c3cccc(=O)n3C4)nc12. The molecule has 7 rings (SSSR count). The summed E-state index contributed by atoms with van der Waals surface area (Å²) < 4.78 is 13.0. The molecule has 182 valence electrons. The lowest BCUT2D eigenvalue weighted by atomic mass is 9.83. The second kappa shape index (κ2) is 8.34. The number of nitrogens with one attached hydrogen (secondary N) is 1. The second-order valence-electron chi connectivity index (χ2n) is 10.0. The van der Waals surface area contributed by atoms with Crippen molar-refractivity contribution in [3.05, 3.63) is 82.0 Å². The van der Waals surface area contributed by atoms with E-state index in [1.165, 1.54) is 0 Å². The largest absolute Gasteiger partial charge is 0.454 e. The Morgan fingerprint density at radius 3 is 2.83 bits per heavy atom. The number of aryl methyl sites for hydroxylation is 1. The van der Waals surface area contributed by atoms with Crippen LogP contribution in [-0.2, 0) is 13.1 Å². The first kappa shape index (κ1) is 21.4. The Morgan fingerprint density at radius 1 is 1.00 bits per heavy atom. The maximum atomic E-state index is 12.4. The number of hydrogen-bond acceptors (Lipinski definition) is 7. The first-order valence-electron chi connectivity index (χ1n) is 12.5. The molecule has 2 aromatic carbocycles. The zero-order valence-electron chi connectivity index (χ0n) is 20.1. The van der Waals surface area contributed by atoms with Crippen LogP contribution in [0.25, 0.3) is 10.9 Å². The Morgan fingerprint density at radius 2 is 1.89 bits per heavy atom. The second-order valence-corrected chi connectivity index (χ2v) is 10.0. The predicted octanol–water partition coefficient (Wildman–Crippen LogP) is 4.19. The fraction of sp³-hybridized carbons (Fsp3) is 0.321. The molecule has 0 aliphatic carbocycles. The minimum absolute atomic E-state index is 0.114. The van der Waals surface area contributed by atoms with Crippen LogP contribution in [0.3, 0.4) is 0 Å². The van der Waals surface area contributed by atoms with Crippen LogP contribution >= 0.6 is 0 Å². The van der Waals surface area contributed by atoms with Crippen LogP contribution in [-0.4, -0.2) is 39.3 Å². The van der Waals surface area contributed by atoms with Gasteiger partial charge in [0.05, 0.1) is 12.1 Å². The number of ether oxygens (including phenoxy) is 2. The molecule has 2 aromatic heterocycles. The lowest BCUT2D eigenvalue weighted by molar-refractivity contribution is 0.112. The van der Waals surface area contributed by atoms with Crippen LogP contribution in [0.15, 0.2) is 59.4 Å². The smallest absolute Gasteiger partial charge is 0.250 e. The molecule has 2 atom stereocenters. The van der Waals surface area contributed by atoms with E-state index in [0.717, 1.165) is 77.0 Å². The fourth-order valence-electron chi connectivity index (χ4n) is 5.94. The van der Waals surface area contributed by atoms with Crippen LogP contribution in [0, 0.1) is 12.8 Å². The molecule has 2 bridgehead atoms. The van der Waals surface area contributed by atoms with Crippen molar-refractivity contribution in [2.75, 3.05) is 25.2 Å². The zero-order chi connectivity index (χ0) is 24.2. The van der Waals surface area contributed by atoms with Gasteiger partial charge in [-0.1, -0.05) is 18.2 Å². The van der Waals surface area contributed by atoms with E-state index < -0.39 is 0 Å². The molecular formula is C28H27N5O3. The topological polar surface area (TPSA) is 81.5 Å². The van der Waals surface area contributed by atoms with Crippen LogP contribution < -0.4 is 20.3 Å². The molecule has 0 saturated carbocycles. The van der Waals surface area contributed by atoms with Gasteiger partial charge in [-0.15, -0.1) is 0 Å². The number of para-hydroxylation sites is 1. The summed E-state index contributed by atoms with van der Waals surface area (Å²) >= 11 is 0. The van der Waals surface area contributed by atoms with Gasteiger partial charge in [-0.3, -0.25) is 9.69 Å². The molecule has 8 nitrogen and oxygen atoms in total. The van der Waals surface area contributed by atoms with Gasteiger partial charge in [0.2, 0.25) is 6.79 Å². The number of nitrogens with zero attached hydrogens (tertiary/aromatic N) is 4. The van der Waals surface area contributed by atoms with Crippen molar-refractivity contribution in [2.24, 2.45) is 5.92 Å². The Kier molecular flexibility index (Phi) is 4.95. The van der Waals surface area contributed by atoms with Gasteiger partial charge in [-0.05, 0) is 49.1 Å². The normalized spacial score (nSPS) is 20.4. The van der Waals surface area contributed by atoms with Crippen molar-refractivity contribution in [1.82, 2.24) is 19.4 Å². The summed E-state index contributed by atoms with van der Waals surface area (Å²) in [6.45, 7) is 5.64. The summed E-state index contributed by atoms with van der Waals surface area (Å²) in [6.07, 6.45) is 1.13. The van der Waals surface area contributed by atoms with Gasteiger partial charge in [0, 0.05) is 54.5 Å². The minimum Gasteiger partial charge on any atom is -0.454 e. The number of piperidine rings is 1. The van der Waals surface area contributed by atoms with Crippen molar-refractivity contribution in [3.63, 3.8) is 0 Å².